The van der Waals surface area contributed by atoms with Gasteiger partial charge in [-0.1, -0.05) is 51.9 Å². The van der Waals surface area contributed by atoms with E-state index in [1.54, 1.807) is 0 Å². The molecular formula is C15H28Cl2O2. The number of ether oxygens (including phenoxy) is 2. The molecular weight excluding hydrogens is 283 g/mol. The predicted molar refractivity (Wildman–Crippen MR) is 82.2 cm³/mol. The molecule has 1 aliphatic heterocycles. The van der Waals surface area contributed by atoms with Crippen molar-refractivity contribution in [1.29, 1.82) is 0 Å². The molecule has 0 amide bonds. The van der Waals surface area contributed by atoms with E-state index in [0.29, 0.717) is 12.7 Å². The highest BCUT2D eigenvalue weighted by molar-refractivity contribution is 6.44. The van der Waals surface area contributed by atoms with E-state index >= 15 is 0 Å². The lowest BCUT2D eigenvalue weighted by atomic mass is 10.0. The Morgan fingerprint density at radius 2 is 1.74 bits per heavy atom. The summed E-state index contributed by atoms with van der Waals surface area (Å²) in [4.78, 5) is -0.420. The fraction of sp³-hybridized carbons (Fsp3) is 1.00. The summed E-state index contributed by atoms with van der Waals surface area (Å²) in [6.07, 6.45) is 12.1. The van der Waals surface area contributed by atoms with E-state index in [9.17, 15) is 0 Å². The minimum absolute atomic E-state index is 0.267. The number of halogens is 2. The van der Waals surface area contributed by atoms with Crippen molar-refractivity contribution in [3.8, 4) is 0 Å². The van der Waals surface area contributed by atoms with Crippen LogP contribution in [0.4, 0.5) is 0 Å². The van der Waals surface area contributed by atoms with E-state index in [0.717, 1.165) is 19.4 Å². The fourth-order valence-corrected chi connectivity index (χ4v) is 2.45. The molecule has 0 radical (unpaired) electrons. The Morgan fingerprint density at radius 1 is 1.11 bits per heavy atom. The van der Waals surface area contributed by atoms with Crippen molar-refractivity contribution in [2.45, 2.75) is 81.8 Å². The molecule has 0 aromatic rings. The van der Waals surface area contributed by atoms with Gasteiger partial charge in [0.2, 0.25) is 0 Å². The van der Waals surface area contributed by atoms with Gasteiger partial charge in [0.25, 0.3) is 0 Å². The molecule has 114 valence electrons. The molecule has 1 fully saturated rings. The molecule has 2 nitrogen and oxygen atoms in total. The number of hydrogen-bond acceptors (Lipinski definition) is 2. The van der Waals surface area contributed by atoms with Crippen molar-refractivity contribution in [2.75, 3.05) is 13.2 Å². The molecule has 0 aliphatic carbocycles. The maximum Gasteiger partial charge on any atom is 0.131 e. The molecule has 1 rings (SSSR count). The standard InChI is InChI=1S/C15H28Cl2O2/c1-2-3-4-5-6-7-8-9-13(10-14-11-18-14)19-12-15(16)17/h13-15H,2-12H2,1H3. The lowest BCUT2D eigenvalue weighted by molar-refractivity contribution is 0.0415. The van der Waals surface area contributed by atoms with Gasteiger partial charge in [-0.15, -0.1) is 23.2 Å². The van der Waals surface area contributed by atoms with Gasteiger partial charge in [-0.25, -0.2) is 0 Å². The average Bonchev–Trinajstić information content (AvgIpc) is 3.18. The summed E-state index contributed by atoms with van der Waals surface area (Å²) in [5.74, 6) is 0. The highest BCUT2D eigenvalue weighted by atomic mass is 35.5. The van der Waals surface area contributed by atoms with Gasteiger partial charge in [-0.05, 0) is 6.42 Å². The van der Waals surface area contributed by atoms with E-state index in [2.05, 4.69) is 6.92 Å². The maximum absolute atomic E-state index is 5.76. The fourth-order valence-electron chi connectivity index (χ4n) is 2.30. The lowest BCUT2D eigenvalue weighted by Crippen LogP contribution is -2.18. The highest BCUT2D eigenvalue weighted by Gasteiger charge is 2.27. The predicted octanol–water partition coefficient (Wildman–Crippen LogP) is 5.10. The first-order chi connectivity index (χ1) is 9.22. The van der Waals surface area contributed by atoms with Gasteiger partial charge in [-0.3, -0.25) is 0 Å². The topological polar surface area (TPSA) is 21.8 Å². The second-order valence-electron chi connectivity index (χ2n) is 5.45. The maximum atomic E-state index is 5.76. The summed E-state index contributed by atoms with van der Waals surface area (Å²) in [6.45, 7) is 3.57. The molecule has 0 saturated carbocycles. The Bertz CT molecular complexity index is 208. The third-order valence-electron chi connectivity index (χ3n) is 3.52. The van der Waals surface area contributed by atoms with Gasteiger partial charge in [0.1, 0.15) is 4.84 Å². The van der Waals surface area contributed by atoms with Gasteiger partial charge in [0.15, 0.2) is 0 Å². The third kappa shape index (κ3) is 10.9. The Hall–Kier alpha value is 0.500. The zero-order valence-corrected chi connectivity index (χ0v) is 13.6. The van der Waals surface area contributed by atoms with Crippen molar-refractivity contribution < 1.29 is 9.47 Å². The highest BCUT2D eigenvalue weighted by Crippen LogP contribution is 2.22. The van der Waals surface area contributed by atoms with E-state index < -0.39 is 4.84 Å². The average molecular weight is 311 g/mol. The zero-order valence-electron chi connectivity index (χ0n) is 12.1. The Labute approximate surface area is 128 Å². The van der Waals surface area contributed by atoms with Gasteiger partial charge >= 0.3 is 0 Å². The van der Waals surface area contributed by atoms with Crippen LogP contribution < -0.4 is 0 Å². The SMILES string of the molecule is CCCCCCCCCC(CC1CO1)OCC(Cl)Cl. The van der Waals surface area contributed by atoms with Crippen LogP contribution in [-0.4, -0.2) is 30.3 Å². The lowest BCUT2D eigenvalue weighted by Gasteiger charge is -2.17. The minimum Gasteiger partial charge on any atom is -0.375 e. The molecule has 0 N–H and O–H groups in total. The van der Waals surface area contributed by atoms with E-state index in [1.807, 2.05) is 0 Å². The Kier molecular flexibility index (Phi) is 10.3. The molecule has 0 aromatic carbocycles. The number of alkyl halides is 2. The van der Waals surface area contributed by atoms with Crippen LogP contribution in [0.15, 0.2) is 0 Å². The minimum atomic E-state index is -0.420. The van der Waals surface area contributed by atoms with E-state index in [1.165, 1.54) is 44.9 Å². The van der Waals surface area contributed by atoms with Crippen molar-refractivity contribution in [1.82, 2.24) is 0 Å². The van der Waals surface area contributed by atoms with Crippen molar-refractivity contribution in [3.63, 3.8) is 0 Å². The third-order valence-corrected chi connectivity index (χ3v) is 3.77. The van der Waals surface area contributed by atoms with Crippen LogP contribution in [0.1, 0.15) is 64.7 Å². The molecule has 4 heteroatoms. The molecule has 0 bridgehead atoms. The first-order valence-electron chi connectivity index (χ1n) is 7.73. The van der Waals surface area contributed by atoms with Gasteiger partial charge in [0.05, 0.1) is 25.4 Å². The van der Waals surface area contributed by atoms with Gasteiger partial charge < -0.3 is 9.47 Å². The summed E-state index contributed by atoms with van der Waals surface area (Å²) >= 11 is 11.4. The van der Waals surface area contributed by atoms with Crippen LogP contribution in [0, 0.1) is 0 Å². The zero-order chi connectivity index (χ0) is 13.9. The van der Waals surface area contributed by atoms with Crippen LogP contribution in [0.5, 0.6) is 0 Å². The summed E-state index contributed by atoms with van der Waals surface area (Å²) in [5.41, 5.74) is 0. The molecule has 1 heterocycles. The molecule has 0 spiro atoms. The van der Waals surface area contributed by atoms with E-state index in [-0.39, 0.29) is 6.10 Å². The molecule has 1 saturated heterocycles. The largest absolute Gasteiger partial charge is 0.375 e. The van der Waals surface area contributed by atoms with Crippen LogP contribution in [0.2, 0.25) is 0 Å². The molecule has 0 aromatic heterocycles. The number of hydrogen-bond donors (Lipinski definition) is 0. The second kappa shape index (κ2) is 11.2. The molecule has 1 aliphatic rings. The number of epoxide rings is 1. The number of rotatable bonds is 13. The van der Waals surface area contributed by atoms with Crippen molar-refractivity contribution >= 4 is 23.2 Å². The quantitative estimate of drug-likeness (QED) is 0.268. The normalized spacial score (nSPS) is 19.9. The van der Waals surface area contributed by atoms with E-state index in [4.69, 9.17) is 32.7 Å². The summed E-state index contributed by atoms with van der Waals surface area (Å²) < 4.78 is 11.0. The van der Waals surface area contributed by atoms with Crippen molar-refractivity contribution in [3.05, 3.63) is 0 Å². The van der Waals surface area contributed by atoms with Crippen LogP contribution in [0.25, 0.3) is 0 Å². The summed E-state index contributed by atoms with van der Waals surface area (Å²) in [5, 5.41) is 0. The second-order valence-corrected chi connectivity index (χ2v) is 6.72. The first kappa shape index (κ1) is 17.6. The smallest absolute Gasteiger partial charge is 0.131 e. The molecule has 2 unspecified atom stereocenters. The first-order valence-corrected chi connectivity index (χ1v) is 8.61. The summed E-state index contributed by atoms with van der Waals surface area (Å²) in [7, 11) is 0. The van der Waals surface area contributed by atoms with Crippen LogP contribution in [-0.2, 0) is 9.47 Å². The number of unbranched alkanes of at least 4 members (excludes halogenated alkanes) is 6. The Morgan fingerprint density at radius 3 is 2.32 bits per heavy atom. The molecule has 2 atom stereocenters. The summed E-state index contributed by atoms with van der Waals surface area (Å²) in [6, 6.07) is 0. The van der Waals surface area contributed by atoms with Crippen molar-refractivity contribution in [2.24, 2.45) is 0 Å². The Balaban J connectivity index is 1.99. The molecule has 19 heavy (non-hydrogen) atoms. The monoisotopic (exact) mass is 310 g/mol. The van der Waals surface area contributed by atoms with Gasteiger partial charge in [0, 0.05) is 6.42 Å². The van der Waals surface area contributed by atoms with Crippen LogP contribution in [0.3, 0.4) is 0 Å². The van der Waals surface area contributed by atoms with Gasteiger partial charge in [-0.2, -0.15) is 0 Å². The van der Waals surface area contributed by atoms with Crippen LogP contribution >= 0.6 is 23.2 Å².